The van der Waals surface area contributed by atoms with Gasteiger partial charge < -0.3 is 29.8 Å². The zero-order valence-corrected chi connectivity index (χ0v) is 31.8. The number of nitrogens with zero attached hydrogens (tertiary/aromatic N) is 2. The summed E-state index contributed by atoms with van der Waals surface area (Å²) in [4.78, 5) is 37.1. The second-order valence-electron chi connectivity index (χ2n) is 13.9. The van der Waals surface area contributed by atoms with Crippen LogP contribution in [0.1, 0.15) is 94.7 Å². The number of hydrogen-bond donors (Lipinski definition) is 3. The molecule has 0 radical (unpaired) electrons. The first-order valence-corrected chi connectivity index (χ1v) is 18.7. The number of nitrogens with one attached hydrogen (secondary N) is 3. The summed E-state index contributed by atoms with van der Waals surface area (Å²) in [6.45, 7) is 23.6. The Bertz CT molecular complexity index is 2010. The molecular formula is C43H55N5O3. The average Bonchev–Trinajstić information content (AvgIpc) is 3.93. The Kier molecular flexibility index (Phi) is 11.6. The van der Waals surface area contributed by atoms with Gasteiger partial charge >= 0.3 is 5.97 Å². The van der Waals surface area contributed by atoms with Gasteiger partial charge in [0.25, 0.3) is 0 Å². The van der Waals surface area contributed by atoms with Gasteiger partial charge in [0.1, 0.15) is 5.69 Å². The first kappa shape index (κ1) is 37.3. The lowest BCUT2D eigenvalue weighted by molar-refractivity contribution is -0.120. The highest BCUT2D eigenvalue weighted by Crippen LogP contribution is 2.41. The van der Waals surface area contributed by atoms with Gasteiger partial charge in [-0.05, 0) is 90.4 Å². The monoisotopic (exact) mass is 689 g/mol. The Balaban J connectivity index is 0.00000122. The van der Waals surface area contributed by atoms with Crippen LogP contribution in [-0.2, 0) is 28.8 Å². The molecule has 2 aromatic heterocycles. The molecule has 1 amide bonds. The molecule has 7 rings (SSSR count). The SMILES string of the molecule is C=C(c1cc2c3c(ccc2[nH]1)N(C(=O)CC(C)(C)C)CC3)N1CCc2c1ccc1[nH]c(C(=O)OCCc3ccc(NCC)cc3)cc21.CC.CC. The minimum Gasteiger partial charge on any atom is -0.461 e. The molecule has 3 aromatic carbocycles. The van der Waals surface area contributed by atoms with Crippen molar-refractivity contribution in [3.63, 3.8) is 0 Å². The van der Waals surface area contributed by atoms with Crippen LogP contribution in [0, 0.1) is 5.41 Å². The number of benzene rings is 3. The third-order valence-electron chi connectivity index (χ3n) is 9.33. The lowest BCUT2D eigenvalue weighted by atomic mass is 9.91. The molecule has 0 bridgehead atoms. The van der Waals surface area contributed by atoms with Gasteiger partial charge in [-0.25, -0.2) is 4.79 Å². The summed E-state index contributed by atoms with van der Waals surface area (Å²) >= 11 is 0. The van der Waals surface area contributed by atoms with Crippen LogP contribution in [0.3, 0.4) is 0 Å². The summed E-state index contributed by atoms with van der Waals surface area (Å²) in [7, 11) is 0. The number of aromatic amines is 2. The third-order valence-corrected chi connectivity index (χ3v) is 9.33. The molecule has 51 heavy (non-hydrogen) atoms. The number of carbonyl (C=O) groups is 2. The largest absolute Gasteiger partial charge is 0.461 e. The highest BCUT2D eigenvalue weighted by molar-refractivity contribution is 6.02. The second-order valence-corrected chi connectivity index (χ2v) is 13.9. The van der Waals surface area contributed by atoms with Crippen molar-refractivity contribution in [1.82, 2.24) is 9.97 Å². The summed E-state index contributed by atoms with van der Waals surface area (Å²) in [6.07, 6.45) is 2.88. The van der Waals surface area contributed by atoms with E-state index in [4.69, 9.17) is 4.74 Å². The van der Waals surface area contributed by atoms with E-state index in [-0.39, 0.29) is 17.3 Å². The van der Waals surface area contributed by atoms with Crippen LogP contribution in [0.15, 0.2) is 67.2 Å². The van der Waals surface area contributed by atoms with E-state index in [0.29, 0.717) is 25.1 Å². The van der Waals surface area contributed by atoms with Crippen LogP contribution in [0.4, 0.5) is 17.1 Å². The van der Waals surface area contributed by atoms with Gasteiger partial charge in [-0.2, -0.15) is 0 Å². The predicted octanol–water partition coefficient (Wildman–Crippen LogP) is 9.89. The normalized spacial score (nSPS) is 13.3. The van der Waals surface area contributed by atoms with E-state index in [9.17, 15) is 9.59 Å². The van der Waals surface area contributed by atoms with Crippen molar-refractivity contribution in [2.45, 2.75) is 81.1 Å². The minimum atomic E-state index is -0.345. The second kappa shape index (κ2) is 15.9. The lowest BCUT2D eigenvalue weighted by Crippen LogP contribution is -2.31. The summed E-state index contributed by atoms with van der Waals surface area (Å²) < 4.78 is 5.64. The van der Waals surface area contributed by atoms with Gasteiger partial charge in [-0.3, -0.25) is 4.79 Å². The van der Waals surface area contributed by atoms with E-state index < -0.39 is 0 Å². The molecule has 0 fully saturated rings. The number of ether oxygens (including phenoxy) is 1. The van der Waals surface area contributed by atoms with Gasteiger partial charge in [-0.1, -0.05) is 67.2 Å². The predicted molar refractivity (Wildman–Crippen MR) is 214 cm³/mol. The molecule has 2 aliphatic rings. The molecular weight excluding hydrogens is 635 g/mol. The number of hydrogen-bond acceptors (Lipinski definition) is 5. The Hall–Kier alpha value is -4.98. The number of H-pyrrole nitrogens is 2. The molecule has 2 aliphatic heterocycles. The van der Waals surface area contributed by atoms with Crippen molar-refractivity contribution in [2.24, 2.45) is 5.41 Å². The number of esters is 1. The Morgan fingerprint density at radius 3 is 1.94 bits per heavy atom. The van der Waals surface area contributed by atoms with E-state index in [2.05, 4.69) is 90.9 Å². The van der Waals surface area contributed by atoms with Crippen LogP contribution in [0.2, 0.25) is 0 Å². The number of fused-ring (bicyclic) bond motifs is 6. The molecule has 8 nitrogen and oxygen atoms in total. The number of anilines is 3. The van der Waals surface area contributed by atoms with E-state index in [0.717, 1.165) is 88.3 Å². The maximum Gasteiger partial charge on any atom is 0.354 e. The first-order valence-electron chi connectivity index (χ1n) is 18.7. The highest BCUT2D eigenvalue weighted by atomic mass is 16.5. The van der Waals surface area contributed by atoms with Crippen molar-refractivity contribution in [3.8, 4) is 0 Å². The van der Waals surface area contributed by atoms with Crippen LogP contribution in [0.5, 0.6) is 0 Å². The highest BCUT2D eigenvalue weighted by Gasteiger charge is 2.30. The fourth-order valence-corrected chi connectivity index (χ4v) is 7.06. The Morgan fingerprint density at radius 1 is 0.804 bits per heavy atom. The average molecular weight is 690 g/mol. The standard InChI is InChI=1S/C39H43N5O3.2C2H6/c1-6-40-26-9-7-25(8-10-26)17-20-47-38(46)34-22-30-27-15-18-43(35(27)13-11-32(30)42-34)24(2)33-21-29-28-16-19-44(37(45)23-39(3,4)5)36(28)14-12-31(29)41-33;2*1-2/h7-14,21-22,40-42H,2,6,15-20,23H2,1,3-5H3;2*1-2H3. The lowest BCUT2D eigenvalue weighted by Gasteiger charge is -2.23. The van der Waals surface area contributed by atoms with Crippen molar-refractivity contribution in [2.75, 3.05) is 41.4 Å². The fraction of sp³-hybridized carbons (Fsp3) is 0.395. The molecule has 0 saturated heterocycles. The smallest absolute Gasteiger partial charge is 0.354 e. The fourth-order valence-electron chi connectivity index (χ4n) is 7.06. The first-order chi connectivity index (χ1) is 24.6. The molecule has 0 saturated carbocycles. The number of amides is 1. The number of rotatable bonds is 9. The molecule has 0 atom stereocenters. The topological polar surface area (TPSA) is 93.5 Å². The molecule has 3 N–H and O–H groups in total. The van der Waals surface area contributed by atoms with Crippen molar-refractivity contribution < 1.29 is 14.3 Å². The van der Waals surface area contributed by atoms with Crippen LogP contribution < -0.4 is 15.1 Å². The maximum atomic E-state index is 13.1. The van der Waals surface area contributed by atoms with E-state index in [1.54, 1.807) is 0 Å². The molecule has 4 heterocycles. The van der Waals surface area contributed by atoms with Gasteiger partial charge in [0.2, 0.25) is 5.91 Å². The Morgan fingerprint density at radius 2 is 1.35 bits per heavy atom. The number of aromatic nitrogens is 2. The molecule has 5 aromatic rings. The molecule has 270 valence electrons. The quantitative estimate of drug-likeness (QED) is 0.134. The van der Waals surface area contributed by atoms with Crippen molar-refractivity contribution >= 4 is 56.4 Å². The third kappa shape index (κ3) is 7.85. The zero-order valence-electron chi connectivity index (χ0n) is 31.8. The molecule has 0 aliphatic carbocycles. The van der Waals surface area contributed by atoms with Gasteiger partial charge in [0, 0.05) is 71.3 Å². The van der Waals surface area contributed by atoms with E-state index >= 15 is 0 Å². The molecule has 0 spiro atoms. The summed E-state index contributed by atoms with van der Waals surface area (Å²) in [5.74, 6) is -0.161. The molecule has 0 unspecified atom stereocenters. The van der Waals surface area contributed by atoms with E-state index in [1.807, 2.05) is 56.9 Å². The zero-order chi connectivity index (χ0) is 36.9. The van der Waals surface area contributed by atoms with Crippen LogP contribution >= 0.6 is 0 Å². The Labute approximate surface area is 303 Å². The summed E-state index contributed by atoms with van der Waals surface area (Å²) in [6, 6.07) is 20.6. The van der Waals surface area contributed by atoms with Crippen LogP contribution in [-0.4, -0.2) is 48.1 Å². The van der Waals surface area contributed by atoms with Gasteiger partial charge in [-0.15, -0.1) is 0 Å². The summed E-state index contributed by atoms with van der Waals surface area (Å²) in [5.41, 5.74) is 11.0. The molecule has 8 heteroatoms. The van der Waals surface area contributed by atoms with Gasteiger partial charge in [0.05, 0.1) is 18.0 Å². The van der Waals surface area contributed by atoms with Crippen molar-refractivity contribution in [3.05, 3.63) is 95.3 Å². The van der Waals surface area contributed by atoms with Crippen molar-refractivity contribution in [1.29, 1.82) is 0 Å². The number of carbonyl (C=O) groups excluding carboxylic acids is 2. The maximum absolute atomic E-state index is 13.1. The van der Waals surface area contributed by atoms with Gasteiger partial charge in [0.15, 0.2) is 0 Å². The van der Waals surface area contributed by atoms with E-state index in [1.165, 1.54) is 11.1 Å². The van der Waals surface area contributed by atoms with Crippen LogP contribution in [0.25, 0.3) is 27.5 Å². The summed E-state index contributed by atoms with van der Waals surface area (Å²) in [5, 5.41) is 5.48. The minimum absolute atomic E-state index is 0.0501.